The van der Waals surface area contributed by atoms with Gasteiger partial charge in [-0.05, 0) is 24.3 Å². The Morgan fingerprint density at radius 3 is 2.79 bits per heavy atom. The third-order valence-corrected chi connectivity index (χ3v) is 4.95. The maximum Gasteiger partial charge on any atom is 0.241 e. The molecule has 0 radical (unpaired) electrons. The predicted octanol–water partition coefficient (Wildman–Crippen LogP) is 0.931. The number of nitrogens with zero attached hydrogens (tertiary/aromatic N) is 3. The van der Waals surface area contributed by atoms with Crippen LogP contribution in [-0.2, 0) is 21.3 Å². The SMILES string of the molecule is O=S(=O)(NCc1nccc(N2CCOCC2)n1)c1cccc(F)c1. The average molecular weight is 352 g/mol. The highest BCUT2D eigenvalue weighted by Crippen LogP contribution is 2.13. The van der Waals surface area contributed by atoms with Gasteiger partial charge in [-0.3, -0.25) is 0 Å². The molecule has 0 bridgehead atoms. The molecule has 0 spiro atoms. The van der Waals surface area contributed by atoms with Crippen molar-refractivity contribution in [2.75, 3.05) is 31.2 Å². The van der Waals surface area contributed by atoms with Gasteiger partial charge in [-0.1, -0.05) is 6.07 Å². The van der Waals surface area contributed by atoms with E-state index in [1.165, 1.54) is 18.2 Å². The number of halogens is 1. The normalized spacial score (nSPS) is 15.5. The van der Waals surface area contributed by atoms with E-state index in [0.29, 0.717) is 19.0 Å². The lowest BCUT2D eigenvalue weighted by Crippen LogP contribution is -2.37. The van der Waals surface area contributed by atoms with E-state index in [9.17, 15) is 12.8 Å². The van der Waals surface area contributed by atoms with Gasteiger partial charge < -0.3 is 9.64 Å². The Balaban J connectivity index is 1.70. The topological polar surface area (TPSA) is 84.4 Å². The minimum Gasteiger partial charge on any atom is -0.378 e. The second kappa shape index (κ2) is 7.20. The van der Waals surface area contributed by atoms with Crippen LogP contribution in [0.5, 0.6) is 0 Å². The Labute approximate surface area is 139 Å². The third-order valence-electron chi connectivity index (χ3n) is 3.55. The Kier molecular flexibility index (Phi) is 5.03. The molecule has 1 aliphatic heterocycles. The molecule has 0 saturated carbocycles. The largest absolute Gasteiger partial charge is 0.378 e. The van der Waals surface area contributed by atoms with Crippen molar-refractivity contribution in [1.29, 1.82) is 0 Å². The van der Waals surface area contributed by atoms with Crippen LogP contribution in [0, 0.1) is 5.82 Å². The molecule has 1 fully saturated rings. The Morgan fingerprint density at radius 2 is 2.04 bits per heavy atom. The van der Waals surface area contributed by atoms with E-state index in [1.54, 1.807) is 12.3 Å². The minimum absolute atomic E-state index is 0.0724. The maximum atomic E-state index is 13.2. The third kappa shape index (κ3) is 4.05. The Bertz CT molecular complexity index is 810. The summed E-state index contributed by atoms with van der Waals surface area (Å²) < 4.78 is 45.2. The van der Waals surface area contributed by atoms with Crippen molar-refractivity contribution in [2.24, 2.45) is 0 Å². The zero-order chi connectivity index (χ0) is 17.0. The van der Waals surface area contributed by atoms with Crippen LogP contribution in [0.15, 0.2) is 41.4 Å². The fourth-order valence-electron chi connectivity index (χ4n) is 2.32. The number of rotatable bonds is 5. The first kappa shape index (κ1) is 16.7. The van der Waals surface area contributed by atoms with Crippen LogP contribution in [0.25, 0.3) is 0 Å². The molecule has 0 aliphatic carbocycles. The van der Waals surface area contributed by atoms with Gasteiger partial charge in [0.1, 0.15) is 17.5 Å². The summed E-state index contributed by atoms with van der Waals surface area (Å²) >= 11 is 0. The minimum atomic E-state index is -3.82. The van der Waals surface area contributed by atoms with Gasteiger partial charge in [0.25, 0.3) is 0 Å². The van der Waals surface area contributed by atoms with E-state index in [4.69, 9.17) is 4.74 Å². The van der Waals surface area contributed by atoms with Crippen molar-refractivity contribution >= 4 is 15.8 Å². The van der Waals surface area contributed by atoms with E-state index in [2.05, 4.69) is 19.6 Å². The summed E-state index contributed by atoms with van der Waals surface area (Å²) in [7, 11) is -3.82. The first-order chi connectivity index (χ1) is 11.5. The van der Waals surface area contributed by atoms with Crippen LogP contribution in [0.1, 0.15) is 5.82 Å². The molecule has 1 aliphatic rings. The first-order valence-corrected chi connectivity index (χ1v) is 8.93. The van der Waals surface area contributed by atoms with Gasteiger partial charge in [-0.2, -0.15) is 0 Å². The highest BCUT2D eigenvalue weighted by atomic mass is 32.2. The summed E-state index contributed by atoms with van der Waals surface area (Å²) in [5, 5.41) is 0. The molecular formula is C15H17FN4O3S. The second-order valence-electron chi connectivity index (χ2n) is 5.21. The monoisotopic (exact) mass is 352 g/mol. The molecule has 2 heterocycles. The molecule has 1 aromatic carbocycles. The van der Waals surface area contributed by atoms with Gasteiger partial charge in [-0.25, -0.2) is 27.5 Å². The van der Waals surface area contributed by atoms with Crippen molar-refractivity contribution in [1.82, 2.24) is 14.7 Å². The lowest BCUT2D eigenvalue weighted by atomic mass is 10.4. The summed E-state index contributed by atoms with van der Waals surface area (Å²) in [5.74, 6) is 0.468. The number of morpholine rings is 1. The van der Waals surface area contributed by atoms with Crippen molar-refractivity contribution in [3.8, 4) is 0 Å². The molecule has 9 heteroatoms. The molecular weight excluding hydrogens is 335 g/mol. The highest BCUT2D eigenvalue weighted by Gasteiger charge is 2.16. The van der Waals surface area contributed by atoms with E-state index in [0.717, 1.165) is 25.0 Å². The zero-order valence-electron chi connectivity index (χ0n) is 12.9. The standard InChI is InChI=1S/C15H17FN4O3S/c16-12-2-1-3-13(10-12)24(21,22)18-11-14-17-5-4-15(19-14)20-6-8-23-9-7-20/h1-5,10,18H,6-9,11H2. The van der Waals surface area contributed by atoms with E-state index in [1.807, 2.05) is 0 Å². The fraction of sp³-hybridized carbons (Fsp3) is 0.333. The van der Waals surface area contributed by atoms with Crippen LogP contribution in [-0.4, -0.2) is 44.7 Å². The summed E-state index contributed by atoms with van der Waals surface area (Å²) in [4.78, 5) is 10.4. The van der Waals surface area contributed by atoms with Gasteiger partial charge >= 0.3 is 0 Å². The molecule has 1 saturated heterocycles. The van der Waals surface area contributed by atoms with E-state index in [-0.39, 0.29) is 11.4 Å². The van der Waals surface area contributed by atoms with Crippen molar-refractivity contribution in [3.63, 3.8) is 0 Å². The number of benzene rings is 1. The van der Waals surface area contributed by atoms with Gasteiger partial charge in [0.05, 0.1) is 24.7 Å². The quantitative estimate of drug-likeness (QED) is 0.862. The number of hydrogen-bond acceptors (Lipinski definition) is 6. The summed E-state index contributed by atoms with van der Waals surface area (Å²) in [5.41, 5.74) is 0. The van der Waals surface area contributed by atoms with E-state index >= 15 is 0 Å². The number of hydrogen-bond donors (Lipinski definition) is 1. The smallest absolute Gasteiger partial charge is 0.241 e. The van der Waals surface area contributed by atoms with Crippen molar-refractivity contribution in [3.05, 3.63) is 48.2 Å². The molecule has 2 aromatic rings. The van der Waals surface area contributed by atoms with Crippen molar-refractivity contribution < 1.29 is 17.5 Å². The molecule has 0 amide bonds. The number of ether oxygens (including phenoxy) is 1. The Hall–Kier alpha value is -2.10. The van der Waals surface area contributed by atoms with Gasteiger partial charge in [0.15, 0.2) is 0 Å². The molecule has 0 atom stereocenters. The fourth-order valence-corrected chi connectivity index (χ4v) is 3.33. The molecule has 7 nitrogen and oxygen atoms in total. The van der Waals surface area contributed by atoms with Crippen LogP contribution >= 0.6 is 0 Å². The number of anilines is 1. The van der Waals surface area contributed by atoms with Gasteiger partial charge in [0, 0.05) is 19.3 Å². The maximum absolute atomic E-state index is 13.2. The Morgan fingerprint density at radius 1 is 1.25 bits per heavy atom. The zero-order valence-corrected chi connectivity index (χ0v) is 13.7. The van der Waals surface area contributed by atoms with Crippen LogP contribution < -0.4 is 9.62 Å². The van der Waals surface area contributed by atoms with Crippen LogP contribution in [0.2, 0.25) is 0 Å². The van der Waals surface area contributed by atoms with Gasteiger partial charge in [-0.15, -0.1) is 0 Å². The van der Waals surface area contributed by atoms with E-state index < -0.39 is 15.8 Å². The van der Waals surface area contributed by atoms with Crippen molar-refractivity contribution in [2.45, 2.75) is 11.4 Å². The summed E-state index contributed by atoms with van der Waals surface area (Å²) in [6.45, 7) is 2.64. The lowest BCUT2D eigenvalue weighted by Gasteiger charge is -2.27. The van der Waals surface area contributed by atoms with Crippen LogP contribution in [0.4, 0.5) is 10.2 Å². The molecule has 128 valence electrons. The molecule has 24 heavy (non-hydrogen) atoms. The highest BCUT2D eigenvalue weighted by molar-refractivity contribution is 7.89. The van der Waals surface area contributed by atoms with Crippen LogP contribution in [0.3, 0.4) is 0 Å². The molecule has 1 N–H and O–H groups in total. The molecule has 1 aromatic heterocycles. The second-order valence-corrected chi connectivity index (χ2v) is 6.98. The number of aromatic nitrogens is 2. The molecule has 0 unspecified atom stereocenters. The number of nitrogens with one attached hydrogen (secondary N) is 1. The average Bonchev–Trinajstić information content (AvgIpc) is 2.61. The molecule has 3 rings (SSSR count). The first-order valence-electron chi connectivity index (χ1n) is 7.44. The summed E-state index contributed by atoms with van der Waals surface area (Å²) in [6, 6.07) is 6.60. The van der Waals surface area contributed by atoms with Gasteiger partial charge in [0.2, 0.25) is 10.0 Å². The summed E-state index contributed by atoms with van der Waals surface area (Å²) in [6.07, 6.45) is 1.59. The number of sulfonamides is 1. The predicted molar refractivity (Wildman–Crippen MR) is 85.5 cm³/mol. The lowest BCUT2D eigenvalue weighted by molar-refractivity contribution is 0.122.